The zero-order chi connectivity index (χ0) is 17.6. The maximum absolute atomic E-state index is 12.1. The van der Waals surface area contributed by atoms with Crippen molar-refractivity contribution in [2.75, 3.05) is 11.9 Å². The lowest BCUT2D eigenvalue weighted by Gasteiger charge is -2.06. The molecule has 25 heavy (non-hydrogen) atoms. The van der Waals surface area contributed by atoms with E-state index in [1.165, 1.54) is 0 Å². The Labute approximate surface area is 144 Å². The van der Waals surface area contributed by atoms with Crippen LogP contribution in [0.3, 0.4) is 0 Å². The largest absolute Gasteiger partial charge is 0.484 e. The number of pyridine rings is 1. The Hall–Kier alpha value is -3.66. The highest BCUT2D eigenvalue weighted by atomic mass is 16.5. The summed E-state index contributed by atoms with van der Waals surface area (Å²) in [6.45, 7) is 1.72. The molecule has 0 aliphatic carbocycles. The number of amides is 1. The van der Waals surface area contributed by atoms with E-state index in [1.807, 2.05) is 25.1 Å². The molecule has 124 valence electrons. The minimum Gasteiger partial charge on any atom is -0.484 e. The highest BCUT2D eigenvalue weighted by Gasteiger charge is 2.13. The minimum absolute atomic E-state index is 0.150. The van der Waals surface area contributed by atoms with Gasteiger partial charge in [-0.1, -0.05) is 0 Å². The molecule has 0 aliphatic heterocycles. The molecule has 7 nitrogen and oxygen atoms in total. The van der Waals surface area contributed by atoms with Crippen molar-refractivity contribution in [2.24, 2.45) is 0 Å². The summed E-state index contributed by atoms with van der Waals surface area (Å²) in [5.74, 6) is 0.658. The van der Waals surface area contributed by atoms with Gasteiger partial charge < -0.3 is 10.1 Å². The van der Waals surface area contributed by atoms with Crippen molar-refractivity contribution in [1.29, 1.82) is 5.26 Å². The first-order valence-electron chi connectivity index (χ1n) is 7.55. The van der Waals surface area contributed by atoms with Gasteiger partial charge in [0, 0.05) is 23.5 Å². The van der Waals surface area contributed by atoms with Gasteiger partial charge in [0.05, 0.1) is 17.3 Å². The van der Waals surface area contributed by atoms with E-state index in [4.69, 9.17) is 10.00 Å². The normalized spacial score (nSPS) is 10.1. The van der Waals surface area contributed by atoms with E-state index < -0.39 is 0 Å². The van der Waals surface area contributed by atoms with Crippen molar-refractivity contribution in [2.45, 2.75) is 6.92 Å². The topological polar surface area (TPSA) is 104 Å². The van der Waals surface area contributed by atoms with Crippen LogP contribution in [0.5, 0.6) is 5.75 Å². The molecule has 0 fully saturated rings. The maximum atomic E-state index is 12.1. The summed E-state index contributed by atoms with van der Waals surface area (Å²) in [5, 5.41) is 18.5. The first kappa shape index (κ1) is 16.2. The maximum Gasteiger partial charge on any atom is 0.263 e. The van der Waals surface area contributed by atoms with Crippen LogP contribution in [0.4, 0.5) is 5.82 Å². The number of hydrogen-bond acceptors (Lipinski definition) is 5. The third-order valence-corrected chi connectivity index (χ3v) is 3.59. The van der Waals surface area contributed by atoms with Crippen LogP contribution in [0, 0.1) is 18.3 Å². The van der Waals surface area contributed by atoms with Gasteiger partial charge in [0.25, 0.3) is 5.91 Å². The van der Waals surface area contributed by atoms with Gasteiger partial charge >= 0.3 is 0 Å². The van der Waals surface area contributed by atoms with E-state index in [0.29, 0.717) is 17.1 Å². The van der Waals surface area contributed by atoms with Gasteiger partial charge in [-0.3, -0.25) is 14.9 Å². The summed E-state index contributed by atoms with van der Waals surface area (Å²) in [4.78, 5) is 16.0. The molecule has 2 aromatic heterocycles. The molecule has 1 aromatic carbocycles. The Bertz CT molecular complexity index is 911. The fourth-order valence-electron chi connectivity index (χ4n) is 2.26. The smallest absolute Gasteiger partial charge is 0.263 e. The molecular weight excluding hydrogens is 318 g/mol. The lowest BCUT2D eigenvalue weighted by molar-refractivity contribution is -0.118. The minimum atomic E-state index is -0.319. The van der Waals surface area contributed by atoms with E-state index >= 15 is 0 Å². The van der Waals surface area contributed by atoms with Crippen molar-refractivity contribution in [1.82, 2.24) is 15.2 Å². The fraction of sp³-hybridized carbons (Fsp3) is 0.111. The second-order valence-electron chi connectivity index (χ2n) is 5.28. The Morgan fingerprint density at radius 2 is 1.96 bits per heavy atom. The van der Waals surface area contributed by atoms with Crippen molar-refractivity contribution in [3.63, 3.8) is 0 Å². The lowest BCUT2D eigenvalue weighted by atomic mass is 10.1. The van der Waals surface area contributed by atoms with Crippen LogP contribution >= 0.6 is 0 Å². The number of nitrogens with one attached hydrogen (secondary N) is 2. The lowest BCUT2D eigenvalue weighted by Crippen LogP contribution is -2.20. The second-order valence-corrected chi connectivity index (χ2v) is 5.28. The van der Waals surface area contributed by atoms with Crippen LogP contribution in [0.15, 0.2) is 48.8 Å². The van der Waals surface area contributed by atoms with Gasteiger partial charge in [0.2, 0.25) is 0 Å². The number of carbonyl (C=O) groups excluding carboxylic acids is 1. The summed E-state index contributed by atoms with van der Waals surface area (Å²) in [5.41, 5.74) is 3.13. The van der Waals surface area contributed by atoms with Crippen LogP contribution in [0.2, 0.25) is 0 Å². The Kier molecular flexibility index (Phi) is 4.72. The van der Waals surface area contributed by atoms with Crippen LogP contribution in [-0.4, -0.2) is 27.7 Å². The number of hydrogen-bond donors (Lipinski definition) is 2. The molecular formula is C18H15N5O2. The van der Waals surface area contributed by atoms with Crippen LogP contribution in [0.25, 0.3) is 11.3 Å². The predicted molar refractivity (Wildman–Crippen MR) is 91.8 cm³/mol. The number of anilines is 1. The molecule has 3 rings (SSSR count). The van der Waals surface area contributed by atoms with Crippen molar-refractivity contribution in [3.05, 3.63) is 59.9 Å². The predicted octanol–water partition coefficient (Wildman–Crippen LogP) is 2.67. The molecule has 0 saturated carbocycles. The summed E-state index contributed by atoms with van der Waals surface area (Å²) < 4.78 is 5.40. The van der Waals surface area contributed by atoms with E-state index in [-0.39, 0.29) is 12.5 Å². The summed E-state index contributed by atoms with van der Waals surface area (Å²) in [6, 6.07) is 12.3. The fourth-order valence-corrected chi connectivity index (χ4v) is 2.26. The number of ether oxygens (including phenoxy) is 1. The zero-order valence-electron chi connectivity index (χ0n) is 13.5. The molecule has 0 radical (unpaired) electrons. The molecule has 0 saturated heterocycles. The van der Waals surface area contributed by atoms with Gasteiger partial charge in [-0.15, -0.1) is 0 Å². The Balaban J connectivity index is 1.61. The van der Waals surface area contributed by atoms with E-state index in [1.54, 1.807) is 36.7 Å². The van der Waals surface area contributed by atoms with Gasteiger partial charge in [0.15, 0.2) is 12.4 Å². The van der Waals surface area contributed by atoms with Crippen molar-refractivity contribution >= 4 is 11.7 Å². The highest BCUT2D eigenvalue weighted by Crippen LogP contribution is 2.25. The summed E-state index contributed by atoms with van der Waals surface area (Å²) >= 11 is 0. The molecule has 0 aliphatic rings. The van der Waals surface area contributed by atoms with Gasteiger partial charge in [-0.05, 0) is 43.3 Å². The summed E-state index contributed by atoms with van der Waals surface area (Å²) in [7, 11) is 0. The number of benzene rings is 1. The average Bonchev–Trinajstić information content (AvgIpc) is 3.01. The molecule has 0 unspecified atom stereocenters. The quantitative estimate of drug-likeness (QED) is 0.747. The number of nitriles is 1. The van der Waals surface area contributed by atoms with Crippen molar-refractivity contribution in [3.8, 4) is 23.1 Å². The number of carbonyl (C=O) groups is 1. The number of aromatic nitrogens is 3. The zero-order valence-corrected chi connectivity index (χ0v) is 13.5. The van der Waals surface area contributed by atoms with E-state index in [9.17, 15) is 4.79 Å². The first-order chi connectivity index (χ1) is 12.2. The monoisotopic (exact) mass is 333 g/mol. The average molecular weight is 333 g/mol. The second kappa shape index (κ2) is 7.27. The molecule has 2 heterocycles. The number of rotatable bonds is 5. The highest BCUT2D eigenvalue weighted by molar-refractivity contribution is 5.92. The SMILES string of the molecule is Cc1c(NC(=O)COc2ccc(C#N)cc2)n[nH]c1-c1ccncc1. The van der Waals surface area contributed by atoms with Crippen LogP contribution in [-0.2, 0) is 4.79 Å². The number of aromatic amines is 1. The standard InChI is InChI=1S/C18H15N5O2/c1-12-17(14-6-8-20-9-7-14)22-23-18(12)21-16(24)11-25-15-4-2-13(10-19)3-5-15/h2-9H,11H2,1H3,(H2,21,22,23,24). The third-order valence-electron chi connectivity index (χ3n) is 3.59. The Morgan fingerprint density at radius 3 is 2.64 bits per heavy atom. The molecule has 0 atom stereocenters. The molecule has 7 heteroatoms. The molecule has 0 bridgehead atoms. The number of nitrogens with zero attached hydrogens (tertiary/aromatic N) is 3. The van der Waals surface area contributed by atoms with E-state index in [0.717, 1.165) is 16.8 Å². The van der Waals surface area contributed by atoms with Crippen molar-refractivity contribution < 1.29 is 9.53 Å². The Morgan fingerprint density at radius 1 is 1.24 bits per heavy atom. The van der Waals surface area contributed by atoms with Gasteiger partial charge in [0.1, 0.15) is 5.75 Å². The summed E-state index contributed by atoms with van der Waals surface area (Å²) in [6.07, 6.45) is 3.39. The molecule has 0 spiro atoms. The third kappa shape index (κ3) is 3.82. The van der Waals surface area contributed by atoms with Gasteiger partial charge in [-0.25, -0.2) is 0 Å². The van der Waals surface area contributed by atoms with Crippen LogP contribution in [0.1, 0.15) is 11.1 Å². The first-order valence-corrected chi connectivity index (χ1v) is 7.55. The molecule has 1 amide bonds. The number of H-pyrrole nitrogens is 1. The van der Waals surface area contributed by atoms with Gasteiger partial charge in [-0.2, -0.15) is 10.4 Å². The van der Waals surface area contributed by atoms with E-state index in [2.05, 4.69) is 20.5 Å². The van der Waals surface area contributed by atoms with Crippen LogP contribution < -0.4 is 10.1 Å². The molecule has 3 aromatic rings. The molecule has 2 N–H and O–H groups in total.